The first-order chi connectivity index (χ1) is 12.5. The van der Waals surface area contributed by atoms with E-state index in [1.54, 1.807) is 28.7 Å². The van der Waals surface area contributed by atoms with Crippen LogP contribution in [-0.4, -0.2) is 41.8 Å². The van der Waals surface area contributed by atoms with Crippen molar-refractivity contribution in [2.75, 3.05) is 18.4 Å². The molecule has 1 aliphatic rings. The van der Waals surface area contributed by atoms with E-state index >= 15 is 0 Å². The molecule has 1 N–H and O–H groups in total. The average Bonchev–Trinajstić information content (AvgIpc) is 3.13. The van der Waals surface area contributed by atoms with Gasteiger partial charge in [-0.1, -0.05) is 6.42 Å². The first-order valence-electron chi connectivity index (χ1n) is 8.58. The minimum Gasteiger partial charge on any atom is -0.353 e. The van der Waals surface area contributed by atoms with E-state index < -0.39 is 10.0 Å². The molecule has 0 amide bonds. The number of nitrogens with one attached hydrogen (secondary N) is 1. The smallest absolute Gasteiger partial charge is 0.252 e. The van der Waals surface area contributed by atoms with Gasteiger partial charge in [-0.25, -0.2) is 18.4 Å². The summed E-state index contributed by atoms with van der Waals surface area (Å²) >= 11 is 1.23. The van der Waals surface area contributed by atoms with Crippen molar-refractivity contribution in [3.05, 3.63) is 24.4 Å². The van der Waals surface area contributed by atoms with Crippen LogP contribution in [0.15, 0.2) is 28.6 Å². The Hall–Kier alpha value is -2.02. The van der Waals surface area contributed by atoms with Crippen molar-refractivity contribution >= 4 is 27.3 Å². The van der Waals surface area contributed by atoms with E-state index in [9.17, 15) is 8.42 Å². The fourth-order valence-electron chi connectivity index (χ4n) is 2.95. The van der Waals surface area contributed by atoms with Crippen molar-refractivity contribution < 1.29 is 8.42 Å². The van der Waals surface area contributed by atoms with E-state index in [0.717, 1.165) is 24.1 Å². The number of rotatable bonds is 6. The van der Waals surface area contributed by atoms with Crippen LogP contribution in [0.2, 0.25) is 0 Å². The quantitative estimate of drug-likeness (QED) is 0.760. The molecule has 0 bridgehead atoms. The topological polar surface area (TPSA) is 99.0 Å². The lowest BCUT2D eigenvalue weighted by atomic mass is 10.1. The van der Waals surface area contributed by atoms with Crippen LogP contribution in [0.5, 0.6) is 0 Å². The van der Waals surface area contributed by atoms with Crippen LogP contribution in [0.3, 0.4) is 0 Å². The third-order valence-corrected chi connectivity index (χ3v) is 7.90. The number of sulfonamides is 1. The zero-order chi connectivity index (χ0) is 18.6. The summed E-state index contributed by atoms with van der Waals surface area (Å²) in [7, 11) is -3.47. The van der Waals surface area contributed by atoms with Gasteiger partial charge in [0.1, 0.15) is 4.21 Å². The fourth-order valence-corrected chi connectivity index (χ4v) is 6.06. The van der Waals surface area contributed by atoms with Crippen LogP contribution in [0, 0.1) is 11.3 Å². The molecule has 9 heteroatoms. The van der Waals surface area contributed by atoms with Crippen LogP contribution < -0.4 is 5.32 Å². The summed E-state index contributed by atoms with van der Waals surface area (Å²) in [4.78, 5) is 9.31. The lowest BCUT2D eigenvalue weighted by Gasteiger charge is -2.31. The molecular formula is C17H21N5O2S2. The van der Waals surface area contributed by atoms with E-state index in [4.69, 9.17) is 5.26 Å². The molecule has 2 aromatic rings. The molecule has 1 unspecified atom stereocenters. The van der Waals surface area contributed by atoms with E-state index in [-0.39, 0.29) is 6.04 Å². The largest absolute Gasteiger partial charge is 0.353 e. The molecule has 1 atom stereocenters. The summed E-state index contributed by atoms with van der Waals surface area (Å²) < 4.78 is 27.8. The monoisotopic (exact) mass is 391 g/mol. The van der Waals surface area contributed by atoms with Crippen molar-refractivity contribution in [1.82, 2.24) is 14.3 Å². The van der Waals surface area contributed by atoms with Crippen LogP contribution in [0.1, 0.15) is 32.6 Å². The molecule has 3 heterocycles. The van der Waals surface area contributed by atoms with Gasteiger partial charge in [0.25, 0.3) is 10.0 Å². The van der Waals surface area contributed by atoms with Crippen LogP contribution in [-0.2, 0) is 10.0 Å². The number of aromatic nitrogens is 2. The number of hydrogen-bond acceptors (Lipinski definition) is 7. The molecule has 7 nitrogen and oxygen atoms in total. The zero-order valence-electron chi connectivity index (χ0n) is 14.6. The predicted octanol–water partition coefficient (Wildman–Crippen LogP) is 3.09. The highest BCUT2D eigenvalue weighted by atomic mass is 32.2. The number of nitriles is 1. The summed E-state index contributed by atoms with van der Waals surface area (Å²) in [5, 5.41) is 11.6. The second-order valence-electron chi connectivity index (χ2n) is 6.18. The molecule has 138 valence electrons. The minimum atomic E-state index is -3.47. The molecule has 1 aliphatic heterocycles. The van der Waals surface area contributed by atoms with Gasteiger partial charge in [-0.2, -0.15) is 9.57 Å². The van der Waals surface area contributed by atoms with Crippen LogP contribution in [0.25, 0.3) is 10.6 Å². The standard InChI is InChI=1S/C17H21N5O2S2/c1-13-5-2-3-12-22(13)26(23,24)16-7-6-15(25-16)14-8-11-20-17(21-14)19-10-4-9-18/h6-8,11,13H,2-5,10,12H2,1H3,(H,19,20,21). The Labute approximate surface area is 157 Å². The Morgan fingerprint density at radius 2 is 2.23 bits per heavy atom. The molecule has 1 fully saturated rings. The van der Waals surface area contributed by atoms with Crippen LogP contribution in [0.4, 0.5) is 5.95 Å². The molecule has 3 rings (SSSR count). The minimum absolute atomic E-state index is 0.0364. The molecule has 2 aromatic heterocycles. The fraction of sp³-hybridized carbons (Fsp3) is 0.471. The van der Waals surface area contributed by atoms with Gasteiger partial charge >= 0.3 is 0 Å². The van der Waals surface area contributed by atoms with Gasteiger partial charge in [0, 0.05) is 25.3 Å². The van der Waals surface area contributed by atoms with Crippen molar-refractivity contribution in [2.45, 2.75) is 42.9 Å². The second-order valence-corrected chi connectivity index (χ2v) is 9.38. The Morgan fingerprint density at radius 3 is 3.00 bits per heavy atom. The molecule has 1 saturated heterocycles. The lowest BCUT2D eigenvalue weighted by Crippen LogP contribution is -2.41. The van der Waals surface area contributed by atoms with E-state index in [1.807, 2.05) is 6.92 Å². The normalized spacial score (nSPS) is 18.4. The van der Waals surface area contributed by atoms with Gasteiger partial charge in [-0.15, -0.1) is 11.3 Å². The van der Waals surface area contributed by atoms with Gasteiger partial charge in [0.2, 0.25) is 5.95 Å². The van der Waals surface area contributed by atoms with Gasteiger partial charge in [0.05, 0.1) is 23.1 Å². The zero-order valence-corrected chi connectivity index (χ0v) is 16.2. The van der Waals surface area contributed by atoms with E-state index in [2.05, 4.69) is 21.4 Å². The number of thiophene rings is 1. The van der Waals surface area contributed by atoms with Crippen molar-refractivity contribution in [1.29, 1.82) is 5.26 Å². The molecule has 26 heavy (non-hydrogen) atoms. The highest BCUT2D eigenvalue weighted by Crippen LogP contribution is 2.33. The Morgan fingerprint density at radius 1 is 1.38 bits per heavy atom. The number of anilines is 1. The highest BCUT2D eigenvalue weighted by molar-refractivity contribution is 7.91. The number of piperidine rings is 1. The summed E-state index contributed by atoms with van der Waals surface area (Å²) in [6, 6.07) is 7.28. The van der Waals surface area contributed by atoms with Crippen LogP contribution >= 0.6 is 11.3 Å². The summed E-state index contributed by atoms with van der Waals surface area (Å²) in [6.07, 6.45) is 4.87. The molecule has 0 saturated carbocycles. The molecule has 0 radical (unpaired) electrons. The third kappa shape index (κ3) is 4.03. The first kappa shape index (κ1) is 18.8. The van der Waals surface area contributed by atoms with Gasteiger partial charge in [-0.3, -0.25) is 0 Å². The third-order valence-electron chi connectivity index (χ3n) is 4.31. The predicted molar refractivity (Wildman–Crippen MR) is 101 cm³/mol. The number of nitrogens with zero attached hydrogens (tertiary/aromatic N) is 4. The van der Waals surface area contributed by atoms with Gasteiger partial charge in [0.15, 0.2) is 0 Å². The van der Waals surface area contributed by atoms with E-state index in [0.29, 0.717) is 35.4 Å². The summed E-state index contributed by atoms with van der Waals surface area (Å²) in [6.45, 7) is 3.02. The second kappa shape index (κ2) is 8.12. The first-order valence-corrected chi connectivity index (χ1v) is 10.8. The SMILES string of the molecule is CC1CCCCN1S(=O)(=O)c1ccc(-c2ccnc(NCCC#N)n2)s1. The maximum absolute atomic E-state index is 12.9. The van der Waals surface area contributed by atoms with Crippen molar-refractivity contribution in [2.24, 2.45) is 0 Å². The molecular weight excluding hydrogens is 370 g/mol. The Balaban J connectivity index is 1.81. The average molecular weight is 392 g/mol. The molecule has 0 aromatic carbocycles. The molecule has 0 spiro atoms. The van der Waals surface area contributed by atoms with Gasteiger partial charge < -0.3 is 5.32 Å². The van der Waals surface area contributed by atoms with E-state index in [1.165, 1.54) is 11.3 Å². The maximum atomic E-state index is 12.9. The summed E-state index contributed by atoms with van der Waals surface area (Å²) in [5.41, 5.74) is 0.664. The van der Waals surface area contributed by atoms with Crippen molar-refractivity contribution in [3.63, 3.8) is 0 Å². The summed E-state index contributed by atoms with van der Waals surface area (Å²) in [5.74, 6) is 0.431. The lowest BCUT2D eigenvalue weighted by molar-refractivity contribution is 0.269. The number of hydrogen-bond donors (Lipinski definition) is 1. The van der Waals surface area contributed by atoms with Gasteiger partial charge in [-0.05, 0) is 38.0 Å². The maximum Gasteiger partial charge on any atom is 0.252 e. The Bertz CT molecular complexity index is 904. The Kier molecular flexibility index (Phi) is 5.86. The van der Waals surface area contributed by atoms with Crippen molar-refractivity contribution in [3.8, 4) is 16.6 Å². The highest BCUT2D eigenvalue weighted by Gasteiger charge is 2.32. The molecule has 0 aliphatic carbocycles.